The van der Waals surface area contributed by atoms with E-state index in [0.717, 1.165) is 3.57 Å². The van der Waals surface area contributed by atoms with E-state index >= 15 is 0 Å². The molecule has 1 aromatic heterocycles. The predicted octanol–water partition coefficient (Wildman–Crippen LogP) is 4.64. The van der Waals surface area contributed by atoms with Gasteiger partial charge >= 0.3 is 0 Å². The normalized spacial score (nSPS) is 10.2. The summed E-state index contributed by atoms with van der Waals surface area (Å²) in [7, 11) is 0. The van der Waals surface area contributed by atoms with Crippen LogP contribution in [-0.2, 0) is 0 Å². The molecule has 0 aliphatic carbocycles. The average molecular weight is 461 g/mol. The Kier molecular flexibility index (Phi) is 5.42. The molecular formula is C18H12IN3O4. The maximum absolute atomic E-state index is 12.3. The van der Waals surface area contributed by atoms with Gasteiger partial charge in [0.25, 0.3) is 11.6 Å². The zero-order chi connectivity index (χ0) is 18.5. The second-order valence-electron chi connectivity index (χ2n) is 5.22. The molecule has 0 unspecified atom stereocenters. The minimum absolute atomic E-state index is 0.182. The highest BCUT2D eigenvalue weighted by Gasteiger charge is 2.14. The summed E-state index contributed by atoms with van der Waals surface area (Å²) in [5.74, 6) is 0.399. The van der Waals surface area contributed by atoms with E-state index in [2.05, 4.69) is 32.9 Å². The highest BCUT2D eigenvalue weighted by atomic mass is 127. The van der Waals surface area contributed by atoms with Gasteiger partial charge in [0, 0.05) is 33.7 Å². The Morgan fingerprint density at radius 3 is 2.38 bits per heavy atom. The number of carbonyl (C=O) groups excluding carboxylic acids is 1. The van der Waals surface area contributed by atoms with Crippen LogP contribution in [0.1, 0.15) is 10.4 Å². The first kappa shape index (κ1) is 17.8. The second kappa shape index (κ2) is 7.91. The average Bonchev–Trinajstić information content (AvgIpc) is 2.64. The summed E-state index contributed by atoms with van der Waals surface area (Å²) >= 11 is 2.17. The number of nitrogens with zero attached hydrogens (tertiary/aromatic N) is 2. The Labute approximate surface area is 162 Å². The molecule has 130 valence electrons. The Hall–Kier alpha value is -3.01. The fraction of sp³-hybridized carbons (Fsp3) is 0. The molecule has 0 saturated carbocycles. The number of nitro benzene ring substituents is 1. The van der Waals surface area contributed by atoms with Crippen molar-refractivity contribution in [1.82, 2.24) is 4.98 Å². The molecule has 8 heteroatoms. The van der Waals surface area contributed by atoms with Gasteiger partial charge in [0.15, 0.2) is 0 Å². The Bertz CT molecular complexity index is 946. The predicted molar refractivity (Wildman–Crippen MR) is 105 cm³/mol. The van der Waals surface area contributed by atoms with Crippen LogP contribution in [0.5, 0.6) is 11.5 Å². The van der Waals surface area contributed by atoms with Gasteiger partial charge in [-0.1, -0.05) is 0 Å². The molecular weight excluding hydrogens is 449 g/mol. The third-order valence-electron chi connectivity index (χ3n) is 3.35. The molecule has 7 nitrogen and oxygen atoms in total. The Balaban J connectivity index is 1.87. The number of non-ortho nitro benzene ring substituents is 1. The van der Waals surface area contributed by atoms with Crippen molar-refractivity contribution < 1.29 is 14.5 Å². The van der Waals surface area contributed by atoms with Crippen LogP contribution in [0.2, 0.25) is 0 Å². The smallest absolute Gasteiger partial charge is 0.275 e. The molecule has 0 radical (unpaired) electrons. The van der Waals surface area contributed by atoms with Gasteiger partial charge < -0.3 is 10.1 Å². The Morgan fingerprint density at radius 2 is 1.73 bits per heavy atom. The van der Waals surface area contributed by atoms with E-state index in [9.17, 15) is 14.9 Å². The van der Waals surface area contributed by atoms with Crippen LogP contribution in [0.4, 0.5) is 11.4 Å². The lowest BCUT2D eigenvalue weighted by molar-refractivity contribution is -0.384. The van der Waals surface area contributed by atoms with Gasteiger partial charge in [-0.3, -0.25) is 19.9 Å². The number of nitro groups is 1. The van der Waals surface area contributed by atoms with E-state index in [1.54, 1.807) is 24.3 Å². The first-order valence-corrected chi connectivity index (χ1v) is 8.53. The number of aromatic nitrogens is 1. The first-order valence-electron chi connectivity index (χ1n) is 7.45. The van der Waals surface area contributed by atoms with Crippen molar-refractivity contribution in [2.45, 2.75) is 0 Å². The summed E-state index contributed by atoms with van der Waals surface area (Å²) < 4.78 is 6.72. The summed E-state index contributed by atoms with van der Waals surface area (Å²) in [5.41, 5.74) is 0.478. The molecule has 0 aliphatic rings. The number of halogens is 1. The van der Waals surface area contributed by atoms with Gasteiger partial charge in [0.1, 0.15) is 11.5 Å². The number of amides is 1. The summed E-state index contributed by atoms with van der Waals surface area (Å²) in [6, 6.07) is 14.5. The van der Waals surface area contributed by atoms with Crippen LogP contribution in [0.15, 0.2) is 67.0 Å². The van der Waals surface area contributed by atoms with Gasteiger partial charge in [0.2, 0.25) is 0 Å². The zero-order valence-electron chi connectivity index (χ0n) is 13.3. The van der Waals surface area contributed by atoms with Crippen LogP contribution in [0.3, 0.4) is 0 Å². The first-order chi connectivity index (χ1) is 12.5. The summed E-state index contributed by atoms with van der Waals surface area (Å²) in [6.45, 7) is 0. The maximum Gasteiger partial charge on any atom is 0.275 e. The standard InChI is InChI=1S/C18H12IN3O4/c19-13-1-3-16(4-2-13)26-17-10-14(9-15(11-17)22(24)25)21-18(23)12-5-7-20-8-6-12/h1-11H,(H,21,23). The lowest BCUT2D eigenvalue weighted by atomic mass is 10.2. The quantitative estimate of drug-likeness (QED) is 0.340. The maximum atomic E-state index is 12.3. The molecule has 26 heavy (non-hydrogen) atoms. The summed E-state index contributed by atoms with van der Waals surface area (Å²) in [4.78, 5) is 26.7. The zero-order valence-corrected chi connectivity index (χ0v) is 15.4. The number of pyridine rings is 1. The van der Waals surface area contributed by atoms with Crippen LogP contribution < -0.4 is 10.1 Å². The van der Waals surface area contributed by atoms with Crippen molar-refractivity contribution in [1.29, 1.82) is 0 Å². The molecule has 1 heterocycles. The molecule has 0 atom stereocenters. The van der Waals surface area contributed by atoms with E-state index in [-0.39, 0.29) is 17.1 Å². The highest BCUT2D eigenvalue weighted by Crippen LogP contribution is 2.30. The van der Waals surface area contributed by atoms with E-state index in [1.807, 2.05) is 12.1 Å². The second-order valence-corrected chi connectivity index (χ2v) is 6.46. The topological polar surface area (TPSA) is 94.4 Å². The number of benzene rings is 2. The van der Waals surface area contributed by atoms with Crippen molar-refractivity contribution >= 4 is 39.9 Å². The van der Waals surface area contributed by atoms with Gasteiger partial charge in [-0.15, -0.1) is 0 Å². The third kappa shape index (κ3) is 4.54. The summed E-state index contributed by atoms with van der Waals surface area (Å²) in [5, 5.41) is 13.8. The molecule has 0 aliphatic heterocycles. The minimum Gasteiger partial charge on any atom is -0.457 e. The lowest BCUT2D eigenvalue weighted by Gasteiger charge is -2.09. The number of rotatable bonds is 5. The van der Waals surface area contributed by atoms with E-state index < -0.39 is 10.8 Å². The molecule has 1 N–H and O–H groups in total. The van der Waals surface area contributed by atoms with Gasteiger partial charge in [0.05, 0.1) is 16.7 Å². The SMILES string of the molecule is O=C(Nc1cc(Oc2ccc(I)cc2)cc([N+](=O)[O-])c1)c1ccncc1. The molecule has 2 aromatic carbocycles. The number of carbonyl (C=O) groups is 1. The van der Waals surface area contributed by atoms with E-state index in [4.69, 9.17) is 4.74 Å². The fourth-order valence-corrected chi connectivity index (χ4v) is 2.52. The van der Waals surface area contributed by atoms with Gasteiger partial charge in [-0.2, -0.15) is 0 Å². The molecule has 3 aromatic rings. The van der Waals surface area contributed by atoms with Crippen LogP contribution >= 0.6 is 22.6 Å². The monoisotopic (exact) mass is 461 g/mol. The van der Waals surface area contributed by atoms with Crippen molar-refractivity contribution in [3.05, 3.63) is 86.2 Å². The number of hydrogen-bond donors (Lipinski definition) is 1. The van der Waals surface area contributed by atoms with E-state index in [1.165, 1.54) is 30.6 Å². The minimum atomic E-state index is -0.539. The van der Waals surface area contributed by atoms with Crippen molar-refractivity contribution in [2.24, 2.45) is 0 Å². The number of hydrogen-bond acceptors (Lipinski definition) is 5. The van der Waals surface area contributed by atoms with Crippen molar-refractivity contribution in [2.75, 3.05) is 5.32 Å². The van der Waals surface area contributed by atoms with Crippen LogP contribution in [0.25, 0.3) is 0 Å². The number of anilines is 1. The van der Waals surface area contributed by atoms with E-state index in [0.29, 0.717) is 11.3 Å². The molecule has 0 saturated heterocycles. The van der Waals surface area contributed by atoms with Gasteiger partial charge in [-0.25, -0.2) is 0 Å². The fourth-order valence-electron chi connectivity index (χ4n) is 2.17. The largest absolute Gasteiger partial charge is 0.457 e. The number of nitrogens with one attached hydrogen (secondary N) is 1. The highest BCUT2D eigenvalue weighted by molar-refractivity contribution is 14.1. The third-order valence-corrected chi connectivity index (χ3v) is 4.07. The molecule has 3 rings (SSSR count). The Morgan fingerprint density at radius 1 is 1.04 bits per heavy atom. The number of ether oxygens (including phenoxy) is 1. The molecule has 0 fully saturated rings. The van der Waals surface area contributed by atoms with Crippen molar-refractivity contribution in [3.8, 4) is 11.5 Å². The molecule has 0 bridgehead atoms. The summed E-state index contributed by atoms with van der Waals surface area (Å²) in [6.07, 6.45) is 2.99. The van der Waals surface area contributed by atoms with Crippen LogP contribution in [0, 0.1) is 13.7 Å². The lowest BCUT2D eigenvalue weighted by Crippen LogP contribution is -2.12. The van der Waals surface area contributed by atoms with Gasteiger partial charge in [-0.05, 0) is 59.0 Å². The molecule has 1 amide bonds. The van der Waals surface area contributed by atoms with Crippen LogP contribution in [-0.4, -0.2) is 15.8 Å². The molecule has 0 spiro atoms. The van der Waals surface area contributed by atoms with Crippen molar-refractivity contribution in [3.63, 3.8) is 0 Å².